The number of amides is 2. The lowest BCUT2D eigenvalue weighted by molar-refractivity contribution is -0.944. The minimum Gasteiger partial charge on any atom is -0.344 e. The first-order valence-electron chi connectivity index (χ1n) is 14.5. The molecule has 220 valence electrons. The molecule has 38 heavy (non-hydrogen) atoms. The third-order valence-electron chi connectivity index (χ3n) is 9.99. The lowest BCUT2D eigenvalue weighted by Crippen LogP contribution is -2.67. The molecule has 0 spiro atoms. The minimum absolute atomic E-state index is 0. The second kappa shape index (κ2) is 15.8. The normalized spacial score (nSPS) is 32.6. The molecule has 2 atom stereocenters. The van der Waals surface area contributed by atoms with Gasteiger partial charge in [-0.05, 0) is 49.7 Å². The van der Waals surface area contributed by atoms with E-state index >= 15 is 0 Å². The van der Waals surface area contributed by atoms with Gasteiger partial charge in [0, 0.05) is 25.7 Å². The predicted octanol–water partition coefficient (Wildman–Crippen LogP) is 5.45. The van der Waals surface area contributed by atoms with Crippen LogP contribution in [0.5, 0.6) is 0 Å². The number of hydrogen-bond acceptors (Lipinski definition) is 2. The number of quaternary nitrogens is 2. The van der Waals surface area contributed by atoms with Crippen molar-refractivity contribution in [1.82, 2.24) is 10.6 Å². The molecular formula is C32H62N4O2+2. The van der Waals surface area contributed by atoms with E-state index in [1.54, 1.807) is 0 Å². The Morgan fingerprint density at radius 2 is 0.921 bits per heavy atom. The Labute approximate surface area is 235 Å². The molecule has 6 aliphatic rings. The van der Waals surface area contributed by atoms with Gasteiger partial charge in [-0.15, -0.1) is 0 Å². The average Bonchev–Trinajstić information content (AvgIpc) is 2.88. The highest BCUT2D eigenvalue weighted by atomic mass is 16.2. The van der Waals surface area contributed by atoms with E-state index in [0.29, 0.717) is 23.9 Å². The Morgan fingerprint density at radius 3 is 1.24 bits per heavy atom. The molecule has 6 fully saturated rings. The van der Waals surface area contributed by atoms with E-state index in [1.165, 1.54) is 131 Å². The second-order valence-corrected chi connectivity index (χ2v) is 12.2. The Morgan fingerprint density at radius 1 is 0.605 bits per heavy atom. The molecule has 4 bridgehead atoms. The lowest BCUT2D eigenvalue weighted by atomic mass is 9.81. The average molecular weight is 535 g/mol. The predicted molar refractivity (Wildman–Crippen MR) is 162 cm³/mol. The van der Waals surface area contributed by atoms with E-state index in [-0.39, 0.29) is 34.1 Å². The molecule has 0 aromatic heterocycles. The molecule has 2 amide bonds. The van der Waals surface area contributed by atoms with Crippen molar-refractivity contribution in [1.29, 1.82) is 0 Å². The summed E-state index contributed by atoms with van der Waals surface area (Å²) in [5.74, 6) is 1.35. The summed E-state index contributed by atoms with van der Waals surface area (Å²) >= 11 is 0. The van der Waals surface area contributed by atoms with Gasteiger partial charge in [0.05, 0.1) is 64.4 Å². The van der Waals surface area contributed by atoms with Crippen molar-refractivity contribution in [2.75, 3.05) is 52.4 Å². The maximum atomic E-state index is 11.8. The van der Waals surface area contributed by atoms with Gasteiger partial charge in [0.15, 0.2) is 0 Å². The van der Waals surface area contributed by atoms with E-state index in [1.807, 2.05) is 0 Å². The van der Waals surface area contributed by atoms with E-state index in [4.69, 9.17) is 0 Å². The Hall–Kier alpha value is -1.66. The number of carbonyl (C=O) groups excluding carboxylic acids is 2. The van der Waals surface area contributed by atoms with Crippen LogP contribution in [0.25, 0.3) is 0 Å². The van der Waals surface area contributed by atoms with Crippen LogP contribution in [0.15, 0.2) is 25.3 Å². The largest absolute Gasteiger partial charge is 0.344 e. The van der Waals surface area contributed by atoms with Crippen LogP contribution in [0.4, 0.5) is 0 Å². The summed E-state index contributed by atoms with van der Waals surface area (Å²) in [6.45, 7) is 17.3. The number of piperidine rings is 6. The second-order valence-electron chi connectivity index (χ2n) is 12.2. The number of rotatable bonds is 14. The van der Waals surface area contributed by atoms with Gasteiger partial charge in [0.2, 0.25) is 11.8 Å². The summed E-state index contributed by atoms with van der Waals surface area (Å²) in [7, 11) is 0. The summed E-state index contributed by atoms with van der Waals surface area (Å²) < 4.78 is 2.46. The van der Waals surface area contributed by atoms with Crippen molar-refractivity contribution in [2.24, 2.45) is 11.8 Å². The maximum Gasteiger partial charge on any atom is 0.243 e. The number of unbranched alkanes of at least 4 members (excludes halogenated alkanes) is 6. The molecule has 0 aromatic rings. The van der Waals surface area contributed by atoms with Crippen LogP contribution < -0.4 is 10.6 Å². The van der Waals surface area contributed by atoms with Gasteiger partial charge in [-0.3, -0.25) is 9.59 Å². The van der Waals surface area contributed by atoms with Gasteiger partial charge < -0.3 is 19.6 Å². The third kappa shape index (κ3) is 8.67. The molecule has 6 heteroatoms. The summed E-state index contributed by atoms with van der Waals surface area (Å²) in [6.07, 6.45) is 17.3. The Bertz CT molecular complexity index is 689. The lowest BCUT2D eigenvalue weighted by Gasteiger charge is -2.52. The molecule has 6 heterocycles. The monoisotopic (exact) mass is 534 g/mol. The highest BCUT2D eigenvalue weighted by Gasteiger charge is 2.46. The SMILES string of the molecule is C.C.C.C=CC(=O)NC1C[N+]2(CCCCCCCCC[N+]34CCC(CC3)C(NC(=O)C=C)C4)CCC1CC2. The van der Waals surface area contributed by atoms with Crippen LogP contribution in [0.1, 0.15) is 92.9 Å². The molecule has 6 rings (SSSR count). The maximum absolute atomic E-state index is 11.8. The van der Waals surface area contributed by atoms with Crippen LogP contribution in [0, 0.1) is 11.8 Å². The Balaban J connectivity index is 0.00000241. The molecule has 6 nitrogen and oxygen atoms in total. The van der Waals surface area contributed by atoms with Gasteiger partial charge in [-0.2, -0.15) is 0 Å². The number of nitrogens with one attached hydrogen (secondary N) is 2. The van der Waals surface area contributed by atoms with Crippen LogP contribution in [-0.2, 0) is 9.59 Å². The third-order valence-corrected chi connectivity index (χ3v) is 9.99. The molecule has 2 unspecified atom stereocenters. The van der Waals surface area contributed by atoms with Crippen molar-refractivity contribution in [3.8, 4) is 0 Å². The zero-order valence-corrected chi connectivity index (χ0v) is 22.0. The minimum atomic E-state index is -0.00394. The summed E-state index contributed by atoms with van der Waals surface area (Å²) in [4.78, 5) is 23.6. The van der Waals surface area contributed by atoms with Gasteiger partial charge in [-0.1, -0.05) is 54.7 Å². The zero-order valence-electron chi connectivity index (χ0n) is 22.0. The van der Waals surface area contributed by atoms with E-state index in [9.17, 15) is 9.59 Å². The van der Waals surface area contributed by atoms with Crippen LogP contribution in [-0.4, -0.2) is 85.2 Å². The molecule has 0 aliphatic carbocycles. The highest BCUT2D eigenvalue weighted by molar-refractivity contribution is 5.87. The van der Waals surface area contributed by atoms with Crippen molar-refractivity contribution in [3.63, 3.8) is 0 Å². The van der Waals surface area contributed by atoms with Crippen molar-refractivity contribution in [3.05, 3.63) is 25.3 Å². The fraction of sp³-hybridized carbons (Fsp3) is 0.812. The van der Waals surface area contributed by atoms with Crippen molar-refractivity contribution >= 4 is 11.8 Å². The first-order chi connectivity index (χ1) is 17.0. The molecule has 0 saturated carbocycles. The number of carbonyl (C=O) groups is 2. The van der Waals surface area contributed by atoms with E-state index < -0.39 is 0 Å². The van der Waals surface area contributed by atoms with E-state index in [2.05, 4.69) is 23.8 Å². The van der Waals surface area contributed by atoms with Gasteiger partial charge in [0.1, 0.15) is 0 Å². The van der Waals surface area contributed by atoms with Gasteiger partial charge in [-0.25, -0.2) is 0 Å². The fourth-order valence-corrected chi connectivity index (χ4v) is 7.79. The molecule has 6 saturated heterocycles. The Kier molecular flexibility index (Phi) is 14.3. The fourth-order valence-electron chi connectivity index (χ4n) is 7.79. The summed E-state index contributed by atoms with van der Waals surface area (Å²) in [5, 5.41) is 6.41. The first kappa shape index (κ1) is 34.4. The van der Waals surface area contributed by atoms with Gasteiger partial charge in [0.25, 0.3) is 0 Å². The number of hydrogen-bond donors (Lipinski definition) is 2. The molecule has 2 N–H and O–H groups in total. The standard InChI is InChI=1S/C29H48N4O2.3CH4/c1-3-28(34)30-26-22-32(18-12-24(26)13-19-32)16-10-8-6-5-7-9-11-17-33-20-14-25(15-21-33)27(23-33)31-29(35)4-2;;;/h3-4,24-27H,1-2,5-23H2;3*1H4/p+2. The zero-order chi connectivity index (χ0) is 24.7. The van der Waals surface area contributed by atoms with Gasteiger partial charge >= 0.3 is 0 Å². The quantitative estimate of drug-likeness (QED) is 0.177. The topological polar surface area (TPSA) is 58.2 Å². The summed E-state index contributed by atoms with van der Waals surface area (Å²) in [6, 6.07) is 0.710. The van der Waals surface area contributed by atoms with Crippen LogP contribution >= 0.6 is 0 Å². The van der Waals surface area contributed by atoms with Crippen molar-refractivity contribution in [2.45, 2.75) is 105 Å². The van der Waals surface area contributed by atoms with Crippen molar-refractivity contribution < 1.29 is 18.6 Å². The van der Waals surface area contributed by atoms with Crippen LogP contribution in [0.2, 0.25) is 0 Å². The molecular weight excluding hydrogens is 472 g/mol. The molecule has 0 radical (unpaired) electrons. The number of nitrogens with zero attached hydrogens (tertiary/aromatic N) is 2. The van der Waals surface area contributed by atoms with E-state index in [0.717, 1.165) is 13.1 Å². The van der Waals surface area contributed by atoms with Crippen LogP contribution in [0.3, 0.4) is 0 Å². The summed E-state index contributed by atoms with van der Waals surface area (Å²) in [5.41, 5.74) is 0. The highest BCUT2D eigenvalue weighted by Crippen LogP contribution is 2.35. The smallest absolute Gasteiger partial charge is 0.243 e. The molecule has 6 aliphatic heterocycles. The molecule has 0 aromatic carbocycles. The first-order valence-corrected chi connectivity index (χ1v) is 14.5. The number of fused-ring (bicyclic) bond motifs is 6.